The Morgan fingerprint density at radius 3 is 1.68 bits per heavy atom. The van der Waals surface area contributed by atoms with Crippen molar-refractivity contribution >= 4 is 15.9 Å². The van der Waals surface area contributed by atoms with Gasteiger partial charge in [-0.3, -0.25) is 4.90 Å². The van der Waals surface area contributed by atoms with Gasteiger partial charge in [0.1, 0.15) is 0 Å². The zero-order valence-corrected chi connectivity index (χ0v) is 15.2. The number of halogens is 1. The van der Waals surface area contributed by atoms with Crippen LogP contribution in [0.4, 0.5) is 0 Å². The van der Waals surface area contributed by atoms with Crippen LogP contribution in [0.3, 0.4) is 0 Å². The first-order chi connectivity index (χ1) is 10.6. The molecule has 118 valence electrons. The number of hydrogen-bond donors (Lipinski definition) is 0. The lowest BCUT2D eigenvalue weighted by atomic mass is 10.1. The third-order valence-electron chi connectivity index (χ3n) is 3.68. The average Bonchev–Trinajstić information content (AvgIpc) is 2.48. The smallest absolute Gasteiger partial charge is 0.0275 e. The van der Waals surface area contributed by atoms with Crippen molar-refractivity contribution in [3.63, 3.8) is 0 Å². The molecule has 1 unspecified atom stereocenters. The molecule has 0 saturated heterocycles. The van der Waals surface area contributed by atoms with Crippen LogP contribution in [0.25, 0.3) is 0 Å². The second-order valence-corrected chi connectivity index (χ2v) is 7.66. The summed E-state index contributed by atoms with van der Waals surface area (Å²) in [5.41, 5.74) is 2.75. The molecule has 1 nitrogen and oxygen atoms in total. The van der Waals surface area contributed by atoms with Crippen molar-refractivity contribution < 1.29 is 0 Å². The van der Waals surface area contributed by atoms with Gasteiger partial charge >= 0.3 is 0 Å². The molecular formula is C20H26BrN. The Morgan fingerprint density at radius 2 is 1.27 bits per heavy atom. The fourth-order valence-electron chi connectivity index (χ4n) is 2.73. The molecule has 2 aromatic carbocycles. The summed E-state index contributed by atoms with van der Waals surface area (Å²) in [6.45, 7) is 7.63. The molecule has 2 heteroatoms. The lowest BCUT2D eigenvalue weighted by Crippen LogP contribution is -2.29. The largest absolute Gasteiger partial charge is 0.294 e. The molecule has 0 saturated carbocycles. The van der Waals surface area contributed by atoms with Crippen LogP contribution in [0.1, 0.15) is 31.4 Å². The van der Waals surface area contributed by atoms with Gasteiger partial charge in [-0.1, -0.05) is 90.4 Å². The van der Waals surface area contributed by atoms with Gasteiger partial charge in [0.25, 0.3) is 0 Å². The van der Waals surface area contributed by atoms with Gasteiger partial charge in [0, 0.05) is 24.5 Å². The van der Waals surface area contributed by atoms with Crippen LogP contribution >= 0.6 is 15.9 Å². The van der Waals surface area contributed by atoms with Crippen LogP contribution in [0.2, 0.25) is 0 Å². The maximum Gasteiger partial charge on any atom is 0.0275 e. The van der Waals surface area contributed by atoms with Crippen molar-refractivity contribution in [1.29, 1.82) is 0 Å². The molecule has 0 fully saturated rings. The zero-order valence-electron chi connectivity index (χ0n) is 13.6. The van der Waals surface area contributed by atoms with Crippen molar-refractivity contribution in [3.05, 3.63) is 71.8 Å². The minimum atomic E-state index is 0.542. The third-order valence-corrected chi connectivity index (χ3v) is 4.34. The highest BCUT2D eigenvalue weighted by Gasteiger charge is 2.14. The van der Waals surface area contributed by atoms with Gasteiger partial charge in [-0.2, -0.15) is 0 Å². The normalized spacial score (nSPS) is 12.8. The Hall–Kier alpha value is -1.12. The topological polar surface area (TPSA) is 3.24 Å². The van der Waals surface area contributed by atoms with Crippen LogP contribution in [-0.4, -0.2) is 16.3 Å². The Bertz CT molecular complexity index is 482. The van der Waals surface area contributed by atoms with Crippen LogP contribution < -0.4 is 0 Å². The van der Waals surface area contributed by atoms with Crippen molar-refractivity contribution in [2.45, 2.75) is 38.2 Å². The Morgan fingerprint density at radius 1 is 0.818 bits per heavy atom. The van der Waals surface area contributed by atoms with E-state index in [0.717, 1.165) is 25.6 Å². The van der Waals surface area contributed by atoms with E-state index in [9.17, 15) is 0 Å². The summed E-state index contributed by atoms with van der Waals surface area (Å²) in [5.74, 6) is 0.722. The van der Waals surface area contributed by atoms with Gasteiger partial charge in [-0.15, -0.1) is 0 Å². The van der Waals surface area contributed by atoms with E-state index in [4.69, 9.17) is 0 Å². The molecule has 22 heavy (non-hydrogen) atoms. The fraction of sp³-hybridized carbons (Fsp3) is 0.400. The first kappa shape index (κ1) is 17.2. The maximum absolute atomic E-state index is 3.86. The van der Waals surface area contributed by atoms with Gasteiger partial charge in [0.05, 0.1) is 0 Å². The molecular weight excluding hydrogens is 334 g/mol. The predicted octanol–water partition coefficient (Wildman–Crippen LogP) is 5.50. The van der Waals surface area contributed by atoms with Gasteiger partial charge in [0.15, 0.2) is 0 Å². The molecule has 2 rings (SSSR count). The van der Waals surface area contributed by atoms with Crippen LogP contribution in [-0.2, 0) is 13.1 Å². The SMILES string of the molecule is CC(C)CC(Br)CN(Cc1ccccc1)Cc1ccccc1. The molecule has 2 aromatic rings. The summed E-state index contributed by atoms with van der Waals surface area (Å²) >= 11 is 3.86. The van der Waals surface area contributed by atoms with E-state index in [1.165, 1.54) is 17.5 Å². The fourth-order valence-corrected chi connectivity index (χ4v) is 3.89. The number of alkyl halides is 1. The Kier molecular flexibility index (Phi) is 7.14. The summed E-state index contributed by atoms with van der Waals surface area (Å²) in [6, 6.07) is 21.5. The molecule has 0 aromatic heterocycles. The molecule has 0 bridgehead atoms. The molecule has 0 heterocycles. The molecule has 0 radical (unpaired) electrons. The summed E-state index contributed by atoms with van der Waals surface area (Å²) in [7, 11) is 0. The van der Waals surface area contributed by atoms with Crippen molar-refractivity contribution in [2.75, 3.05) is 6.54 Å². The maximum atomic E-state index is 3.86. The van der Waals surface area contributed by atoms with E-state index in [2.05, 4.69) is 95.3 Å². The average molecular weight is 360 g/mol. The lowest BCUT2D eigenvalue weighted by molar-refractivity contribution is 0.252. The van der Waals surface area contributed by atoms with Crippen molar-refractivity contribution in [2.24, 2.45) is 5.92 Å². The highest BCUT2D eigenvalue weighted by atomic mass is 79.9. The van der Waals surface area contributed by atoms with Crippen LogP contribution in [0, 0.1) is 5.92 Å². The number of hydrogen-bond acceptors (Lipinski definition) is 1. The van der Waals surface area contributed by atoms with E-state index in [0.29, 0.717) is 4.83 Å². The minimum absolute atomic E-state index is 0.542. The molecule has 0 aliphatic heterocycles. The second kappa shape index (κ2) is 9.12. The van der Waals surface area contributed by atoms with E-state index < -0.39 is 0 Å². The van der Waals surface area contributed by atoms with Crippen molar-refractivity contribution in [1.82, 2.24) is 4.90 Å². The molecule has 0 aliphatic carbocycles. The number of nitrogens with zero attached hydrogens (tertiary/aromatic N) is 1. The van der Waals surface area contributed by atoms with E-state index in [1.807, 2.05) is 0 Å². The lowest BCUT2D eigenvalue weighted by Gasteiger charge is -2.26. The van der Waals surface area contributed by atoms with E-state index in [1.54, 1.807) is 0 Å². The van der Waals surface area contributed by atoms with Gasteiger partial charge in [-0.05, 0) is 23.5 Å². The van der Waals surface area contributed by atoms with E-state index >= 15 is 0 Å². The summed E-state index contributed by atoms with van der Waals surface area (Å²) in [6.07, 6.45) is 1.21. The Labute approximate surface area is 143 Å². The van der Waals surface area contributed by atoms with Gasteiger partial charge in [0.2, 0.25) is 0 Å². The van der Waals surface area contributed by atoms with E-state index in [-0.39, 0.29) is 0 Å². The summed E-state index contributed by atoms with van der Waals surface area (Å²) < 4.78 is 0. The van der Waals surface area contributed by atoms with Gasteiger partial charge < -0.3 is 0 Å². The highest BCUT2D eigenvalue weighted by Crippen LogP contribution is 2.17. The summed E-state index contributed by atoms with van der Waals surface area (Å²) in [4.78, 5) is 3.08. The molecule has 1 atom stereocenters. The highest BCUT2D eigenvalue weighted by molar-refractivity contribution is 9.09. The third kappa shape index (κ3) is 6.33. The van der Waals surface area contributed by atoms with Gasteiger partial charge in [-0.25, -0.2) is 0 Å². The molecule has 0 aliphatic rings. The molecule has 0 spiro atoms. The molecule has 0 amide bonds. The molecule has 0 N–H and O–H groups in total. The second-order valence-electron chi connectivity index (χ2n) is 6.37. The van der Waals surface area contributed by atoms with Crippen molar-refractivity contribution in [3.8, 4) is 0 Å². The van der Waals surface area contributed by atoms with Crippen LogP contribution in [0.5, 0.6) is 0 Å². The zero-order chi connectivity index (χ0) is 15.8. The summed E-state index contributed by atoms with van der Waals surface area (Å²) in [5, 5.41) is 0. The minimum Gasteiger partial charge on any atom is -0.294 e. The first-order valence-corrected chi connectivity index (χ1v) is 8.99. The number of rotatable bonds is 8. The monoisotopic (exact) mass is 359 g/mol. The number of benzene rings is 2. The quantitative estimate of drug-likeness (QED) is 0.562. The standard InChI is InChI=1S/C20H26BrN/c1-17(2)13-20(21)16-22(14-18-9-5-3-6-10-18)15-19-11-7-4-8-12-19/h3-12,17,20H,13-16H2,1-2H3. The Balaban J connectivity index is 2.03. The predicted molar refractivity (Wildman–Crippen MR) is 99.2 cm³/mol. The van der Waals surface area contributed by atoms with Crippen LogP contribution in [0.15, 0.2) is 60.7 Å². The first-order valence-electron chi connectivity index (χ1n) is 8.07.